The van der Waals surface area contributed by atoms with Gasteiger partial charge in [0.25, 0.3) is 0 Å². The number of hydrogen-bond donors (Lipinski definition) is 0. The monoisotopic (exact) mass is 343 g/mol. The van der Waals surface area contributed by atoms with Gasteiger partial charge in [0.05, 0.1) is 6.61 Å². The zero-order chi connectivity index (χ0) is 16.1. The fraction of sp³-hybridized carbons (Fsp3) is 0.105. The van der Waals surface area contributed by atoms with Crippen molar-refractivity contribution in [2.45, 2.75) is 12.7 Å². The first-order chi connectivity index (χ1) is 11.2. The number of pyridine rings is 1. The highest BCUT2D eigenvalue weighted by atomic mass is 35.5. The molecule has 116 valence electrons. The highest BCUT2D eigenvalue weighted by Crippen LogP contribution is 2.28. The molecule has 2 nitrogen and oxygen atoms in total. The molecule has 0 spiro atoms. The predicted molar refractivity (Wildman–Crippen MR) is 93.8 cm³/mol. The molecular formula is C19H15Cl2NO. The van der Waals surface area contributed by atoms with Crippen LogP contribution in [0.4, 0.5) is 0 Å². The highest BCUT2D eigenvalue weighted by molar-refractivity contribution is 6.35. The second-order valence-corrected chi connectivity index (χ2v) is 5.97. The summed E-state index contributed by atoms with van der Waals surface area (Å²) in [6.07, 6.45) is 3.37. The molecule has 1 unspecified atom stereocenters. The minimum absolute atomic E-state index is 0.198. The molecule has 0 bridgehead atoms. The van der Waals surface area contributed by atoms with E-state index < -0.39 is 0 Å². The van der Waals surface area contributed by atoms with Crippen molar-refractivity contribution in [3.05, 3.63) is 99.8 Å². The van der Waals surface area contributed by atoms with E-state index >= 15 is 0 Å². The Morgan fingerprint density at radius 1 is 0.913 bits per heavy atom. The number of hydrogen-bond acceptors (Lipinski definition) is 2. The Balaban J connectivity index is 1.85. The van der Waals surface area contributed by atoms with Crippen molar-refractivity contribution in [1.82, 2.24) is 4.98 Å². The molecule has 0 fully saturated rings. The molecule has 23 heavy (non-hydrogen) atoms. The Kier molecular flexibility index (Phi) is 5.29. The zero-order valence-corrected chi connectivity index (χ0v) is 13.8. The molecule has 0 saturated carbocycles. The van der Waals surface area contributed by atoms with E-state index in [0.717, 1.165) is 16.7 Å². The Bertz CT molecular complexity index is 723. The van der Waals surface area contributed by atoms with Gasteiger partial charge in [0, 0.05) is 28.0 Å². The van der Waals surface area contributed by atoms with Gasteiger partial charge in [-0.05, 0) is 29.3 Å². The summed E-state index contributed by atoms with van der Waals surface area (Å²) < 4.78 is 6.15. The largest absolute Gasteiger partial charge is 0.364 e. The van der Waals surface area contributed by atoms with E-state index in [1.54, 1.807) is 12.3 Å². The summed E-state index contributed by atoms with van der Waals surface area (Å²) in [5.74, 6) is 0. The van der Waals surface area contributed by atoms with E-state index in [1.165, 1.54) is 0 Å². The number of halogens is 2. The molecule has 0 saturated heterocycles. The molecule has 1 atom stereocenters. The summed E-state index contributed by atoms with van der Waals surface area (Å²) in [6, 6.07) is 19.4. The van der Waals surface area contributed by atoms with Crippen LogP contribution in [0.25, 0.3) is 0 Å². The molecule has 0 radical (unpaired) electrons. The summed E-state index contributed by atoms with van der Waals surface area (Å²) in [5.41, 5.74) is 2.98. The maximum absolute atomic E-state index is 6.23. The van der Waals surface area contributed by atoms with Crippen LogP contribution < -0.4 is 0 Å². The van der Waals surface area contributed by atoms with E-state index in [4.69, 9.17) is 27.9 Å². The summed E-state index contributed by atoms with van der Waals surface area (Å²) in [5, 5.41) is 1.22. The predicted octanol–water partition coefficient (Wildman–Crippen LogP) is 5.69. The lowest BCUT2D eigenvalue weighted by Gasteiger charge is -2.19. The average molecular weight is 344 g/mol. The molecule has 3 aromatic rings. The maximum atomic E-state index is 6.23. The topological polar surface area (TPSA) is 22.1 Å². The van der Waals surface area contributed by atoms with Crippen LogP contribution in [0, 0.1) is 0 Å². The average Bonchev–Trinajstić information content (AvgIpc) is 2.59. The number of aromatic nitrogens is 1. The van der Waals surface area contributed by atoms with Crippen molar-refractivity contribution in [3.8, 4) is 0 Å². The first-order valence-corrected chi connectivity index (χ1v) is 8.00. The second kappa shape index (κ2) is 7.60. The molecule has 0 aliphatic rings. The molecule has 1 heterocycles. The van der Waals surface area contributed by atoms with Gasteiger partial charge in [-0.25, -0.2) is 0 Å². The fourth-order valence-electron chi connectivity index (χ4n) is 2.36. The standard InChI is InChI=1S/C19H15Cl2NO/c20-17-9-8-16(18(21)11-17)13-23-19(14-5-2-1-3-6-14)15-7-4-10-22-12-15/h1-12,19H,13H2. The van der Waals surface area contributed by atoms with Gasteiger partial charge in [0.1, 0.15) is 6.10 Å². The van der Waals surface area contributed by atoms with Crippen LogP contribution in [-0.4, -0.2) is 4.98 Å². The molecule has 1 aromatic heterocycles. The molecule has 4 heteroatoms. The lowest BCUT2D eigenvalue weighted by atomic mass is 10.0. The van der Waals surface area contributed by atoms with Crippen LogP contribution in [0.1, 0.15) is 22.8 Å². The normalized spacial score (nSPS) is 12.1. The Hall–Kier alpha value is -1.87. The number of ether oxygens (including phenoxy) is 1. The Morgan fingerprint density at radius 2 is 1.70 bits per heavy atom. The molecule has 2 aromatic carbocycles. The van der Waals surface area contributed by atoms with Gasteiger partial charge in [-0.1, -0.05) is 65.7 Å². The lowest BCUT2D eigenvalue weighted by Crippen LogP contribution is -2.07. The smallest absolute Gasteiger partial charge is 0.109 e. The lowest BCUT2D eigenvalue weighted by molar-refractivity contribution is 0.0666. The second-order valence-electron chi connectivity index (χ2n) is 5.12. The van der Waals surface area contributed by atoms with Gasteiger partial charge in [-0.15, -0.1) is 0 Å². The molecule has 0 aliphatic heterocycles. The van der Waals surface area contributed by atoms with E-state index in [9.17, 15) is 0 Å². The number of benzene rings is 2. The SMILES string of the molecule is Clc1ccc(COC(c2ccccc2)c2cccnc2)c(Cl)c1. The zero-order valence-electron chi connectivity index (χ0n) is 12.3. The first kappa shape index (κ1) is 16.0. The van der Waals surface area contributed by atoms with Crippen molar-refractivity contribution in [1.29, 1.82) is 0 Å². The van der Waals surface area contributed by atoms with Gasteiger partial charge in [-0.2, -0.15) is 0 Å². The third-order valence-corrected chi connectivity index (χ3v) is 4.10. The van der Waals surface area contributed by atoms with Crippen LogP contribution in [0.3, 0.4) is 0 Å². The Labute approximate surface area is 145 Å². The minimum Gasteiger partial charge on any atom is -0.364 e. The fourth-order valence-corrected chi connectivity index (χ4v) is 2.82. The summed E-state index contributed by atoms with van der Waals surface area (Å²) in [6.45, 7) is 0.393. The van der Waals surface area contributed by atoms with Crippen molar-refractivity contribution in [2.24, 2.45) is 0 Å². The van der Waals surface area contributed by atoms with Crippen molar-refractivity contribution in [3.63, 3.8) is 0 Å². The van der Waals surface area contributed by atoms with E-state index in [-0.39, 0.29) is 6.10 Å². The van der Waals surface area contributed by atoms with Crippen molar-refractivity contribution < 1.29 is 4.74 Å². The molecule has 3 rings (SSSR count). The first-order valence-electron chi connectivity index (χ1n) is 7.24. The van der Waals surface area contributed by atoms with E-state index in [1.807, 2.05) is 60.8 Å². The maximum Gasteiger partial charge on any atom is 0.109 e. The van der Waals surface area contributed by atoms with Gasteiger partial charge >= 0.3 is 0 Å². The van der Waals surface area contributed by atoms with E-state index in [2.05, 4.69) is 4.98 Å². The number of nitrogens with zero attached hydrogens (tertiary/aromatic N) is 1. The molecule has 0 amide bonds. The molecule has 0 N–H and O–H groups in total. The van der Waals surface area contributed by atoms with Crippen molar-refractivity contribution in [2.75, 3.05) is 0 Å². The third-order valence-electron chi connectivity index (χ3n) is 3.51. The van der Waals surface area contributed by atoms with Gasteiger partial charge in [0.15, 0.2) is 0 Å². The quantitative estimate of drug-likeness (QED) is 0.593. The highest BCUT2D eigenvalue weighted by Gasteiger charge is 2.15. The number of rotatable bonds is 5. The van der Waals surface area contributed by atoms with Crippen molar-refractivity contribution >= 4 is 23.2 Å². The van der Waals surface area contributed by atoms with E-state index in [0.29, 0.717) is 16.7 Å². The molecular weight excluding hydrogens is 329 g/mol. The van der Waals surface area contributed by atoms with Gasteiger partial charge in [-0.3, -0.25) is 4.98 Å². The summed E-state index contributed by atoms with van der Waals surface area (Å²) >= 11 is 12.2. The summed E-state index contributed by atoms with van der Waals surface area (Å²) in [4.78, 5) is 4.19. The minimum atomic E-state index is -0.198. The van der Waals surface area contributed by atoms with Crippen LogP contribution >= 0.6 is 23.2 Å². The van der Waals surface area contributed by atoms with Crippen LogP contribution in [0.5, 0.6) is 0 Å². The van der Waals surface area contributed by atoms with Crippen LogP contribution in [0.2, 0.25) is 10.0 Å². The molecule has 0 aliphatic carbocycles. The summed E-state index contributed by atoms with van der Waals surface area (Å²) in [7, 11) is 0. The van der Waals surface area contributed by atoms with Crippen LogP contribution in [-0.2, 0) is 11.3 Å². The third kappa shape index (κ3) is 4.11. The van der Waals surface area contributed by atoms with Crippen LogP contribution in [0.15, 0.2) is 73.1 Å². The Morgan fingerprint density at radius 3 is 2.39 bits per heavy atom. The van der Waals surface area contributed by atoms with Gasteiger partial charge < -0.3 is 4.74 Å². The van der Waals surface area contributed by atoms with Gasteiger partial charge in [0.2, 0.25) is 0 Å².